The molecule has 1 aromatic rings. The summed E-state index contributed by atoms with van der Waals surface area (Å²) in [5.41, 5.74) is 0.521. The number of hydrogen-bond acceptors (Lipinski definition) is 3. The van der Waals surface area contributed by atoms with Crippen LogP contribution in [0.5, 0.6) is 5.75 Å². The SMILES string of the molecule is COc1ccc(Cl)c(NC(=O)C2NCCCC2(C)C)c1. The van der Waals surface area contributed by atoms with Crippen molar-refractivity contribution in [3.05, 3.63) is 23.2 Å². The monoisotopic (exact) mass is 296 g/mol. The molecule has 1 aromatic carbocycles. The van der Waals surface area contributed by atoms with E-state index in [1.165, 1.54) is 0 Å². The summed E-state index contributed by atoms with van der Waals surface area (Å²) in [5, 5.41) is 6.70. The highest BCUT2D eigenvalue weighted by atomic mass is 35.5. The molecule has 1 saturated heterocycles. The van der Waals surface area contributed by atoms with Crippen molar-refractivity contribution in [2.75, 3.05) is 19.0 Å². The van der Waals surface area contributed by atoms with Gasteiger partial charge < -0.3 is 15.4 Å². The maximum atomic E-state index is 12.5. The molecule has 1 aliphatic rings. The molecule has 1 amide bonds. The molecule has 0 bridgehead atoms. The number of ether oxygens (including phenoxy) is 1. The lowest BCUT2D eigenvalue weighted by Gasteiger charge is -2.38. The van der Waals surface area contributed by atoms with Gasteiger partial charge in [-0.15, -0.1) is 0 Å². The van der Waals surface area contributed by atoms with Crippen LogP contribution in [0.15, 0.2) is 18.2 Å². The van der Waals surface area contributed by atoms with E-state index in [1.807, 2.05) is 0 Å². The Labute approximate surface area is 124 Å². The Kier molecular flexibility index (Phi) is 4.55. The number of amides is 1. The normalized spacial score (nSPS) is 21.3. The average Bonchev–Trinajstić information content (AvgIpc) is 2.40. The first-order chi connectivity index (χ1) is 9.44. The second kappa shape index (κ2) is 6.02. The van der Waals surface area contributed by atoms with E-state index in [0.29, 0.717) is 16.5 Å². The van der Waals surface area contributed by atoms with Crippen molar-refractivity contribution in [3.63, 3.8) is 0 Å². The second-order valence-electron chi connectivity index (χ2n) is 5.81. The fourth-order valence-electron chi connectivity index (χ4n) is 2.59. The van der Waals surface area contributed by atoms with E-state index < -0.39 is 0 Å². The van der Waals surface area contributed by atoms with Gasteiger partial charge in [-0.1, -0.05) is 25.4 Å². The predicted molar refractivity (Wildman–Crippen MR) is 81.4 cm³/mol. The van der Waals surface area contributed by atoms with Gasteiger partial charge in [0.1, 0.15) is 5.75 Å². The molecule has 0 radical (unpaired) electrons. The molecule has 1 atom stereocenters. The summed E-state index contributed by atoms with van der Waals surface area (Å²) in [6, 6.07) is 5.00. The summed E-state index contributed by atoms with van der Waals surface area (Å²) in [6.45, 7) is 5.08. The predicted octanol–water partition coefficient (Wildman–Crippen LogP) is 3.07. The molecular weight excluding hydrogens is 276 g/mol. The lowest BCUT2D eigenvalue weighted by molar-refractivity contribution is -0.121. The van der Waals surface area contributed by atoms with Crippen LogP contribution >= 0.6 is 11.6 Å². The highest BCUT2D eigenvalue weighted by Crippen LogP contribution is 2.32. The van der Waals surface area contributed by atoms with Crippen LogP contribution in [0.25, 0.3) is 0 Å². The number of carbonyl (C=O) groups is 1. The molecule has 1 unspecified atom stereocenters. The molecule has 5 heteroatoms. The number of hydrogen-bond donors (Lipinski definition) is 2. The standard InChI is InChI=1S/C15H21ClN2O2/c1-15(2)7-4-8-17-13(15)14(19)18-12-9-10(20-3)5-6-11(12)16/h5-6,9,13,17H,4,7-8H2,1-3H3,(H,18,19). The number of methoxy groups -OCH3 is 1. The van der Waals surface area contributed by atoms with E-state index in [0.717, 1.165) is 19.4 Å². The third-order valence-electron chi connectivity index (χ3n) is 3.82. The van der Waals surface area contributed by atoms with E-state index in [4.69, 9.17) is 16.3 Å². The van der Waals surface area contributed by atoms with Crippen LogP contribution in [-0.2, 0) is 4.79 Å². The lowest BCUT2D eigenvalue weighted by atomic mass is 9.77. The molecule has 4 nitrogen and oxygen atoms in total. The van der Waals surface area contributed by atoms with Gasteiger partial charge in [0, 0.05) is 6.07 Å². The smallest absolute Gasteiger partial charge is 0.242 e. The Balaban J connectivity index is 2.15. The van der Waals surface area contributed by atoms with Gasteiger partial charge in [-0.25, -0.2) is 0 Å². The van der Waals surface area contributed by atoms with Crippen molar-refractivity contribution < 1.29 is 9.53 Å². The Morgan fingerprint density at radius 3 is 2.90 bits per heavy atom. The van der Waals surface area contributed by atoms with Crippen LogP contribution < -0.4 is 15.4 Å². The molecule has 20 heavy (non-hydrogen) atoms. The third-order valence-corrected chi connectivity index (χ3v) is 4.15. The Morgan fingerprint density at radius 2 is 2.25 bits per heavy atom. The zero-order valence-corrected chi connectivity index (χ0v) is 12.9. The molecule has 2 N–H and O–H groups in total. The summed E-state index contributed by atoms with van der Waals surface area (Å²) in [6.07, 6.45) is 2.13. The van der Waals surface area contributed by atoms with Gasteiger partial charge in [-0.2, -0.15) is 0 Å². The van der Waals surface area contributed by atoms with Gasteiger partial charge in [-0.3, -0.25) is 4.79 Å². The van der Waals surface area contributed by atoms with Crippen LogP contribution in [-0.4, -0.2) is 25.6 Å². The number of piperidine rings is 1. The van der Waals surface area contributed by atoms with E-state index in [1.54, 1.807) is 25.3 Å². The maximum absolute atomic E-state index is 12.5. The van der Waals surface area contributed by atoms with Gasteiger partial charge in [0.15, 0.2) is 0 Å². The number of rotatable bonds is 3. The van der Waals surface area contributed by atoms with Crippen LogP contribution in [0.3, 0.4) is 0 Å². The number of halogens is 1. The van der Waals surface area contributed by atoms with Crippen LogP contribution in [0.4, 0.5) is 5.69 Å². The minimum absolute atomic E-state index is 0.0511. The molecule has 1 heterocycles. The molecule has 0 aromatic heterocycles. The maximum Gasteiger partial charge on any atom is 0.242 e. The van der Waals surface area contributed by atoms with Crippen molar-refractivity contribution in [2.45, 2.75) is 32.7 Å². The summed E-state index contributed by atoms with van der Waals surface area (Å²) in [4.78, 5) is 12.5. The highest BCUT2D eigenvalue weighted by molar-refractivity contribution is 6.33. The Bertz CT molecular complexity index is 503. The van der Waals surface area contributed by atoms with Gasteiger partial charge in [0.05, 0.1) is 23.9 Å². The van der Waals surface area contributed by atoms with Gasteiger partial charge in [-0.05, 0) is 36.9 Å². The number of nitrogens with one attached hydrogen (secondary N) is 2. The summed E-state index contributed by atoms with van der Waals surface area (Å²) < 4.78 is 5.15. The molecule has 110 valence electrons. The molecule has 0 saturated carbocycles. The van der Waals surface area contributed by atoms with Crippen LogP contribution in [0.2, 0.25) is 5.02 Å². The van der Waals surface area contributed by atoms with E-state index in [-0.39, 0.29) is 17.4 Å². The molecule has 1 aliphatic heterocycles. The third kappa shape index (κ3) is 3.25. The zero-order chi connectivity index (χ0) is 14.8. The van der Waals surface area contributed by atoms with Crippen molar-refractivity contribution >= 4 is 23.2 Å². The fourth-order valence-corrected chi connectivity index (χ4v) is 2.76. The summed E-state index contributed by atoms with van der Waals surface area (Å²) in [5.74, 6) is 0.616. The quantitative estimate of drug-likeness (QED) is 0.901. The fraction of sp³-hybridized carbons (Fsp3) is 0.533. The molecule has 0 spiro atoms. The van der Waals surface area contributed by atoms with Gasteiger partial charge in [0.2, 0.25) is 5.91 Å². The van der Waals surface area contributed by atoms with Crippen molar-refractivity contribution in [3.8, 4) is 5.75 Å². The van der Waals surface area contributed by atoms with E-state index in [2.05, 4.69) is 24.5 Å². The molecule has 2 rings (SSSR count). The zero-order valence-electron chi connectivity index (χ0n) is 12.1. The first kappa shape index (κ1) is 15.1. The van der Waals surface area contributed by atoms with Crippen molar-refractivity contribution in [2.24, 2.45) is 5.41 Å². The Morgan fingerprint density at radius 1 is 1.50 bits per heavy atom. The molecule has 0 aliphatic carbocycles. The molecule has 1 fully saturated rings. The number of benzene rings is 1. The summed E-state index contributed by atoms with van der Waals surface area (Å²) >= 11 is 6.12. The van der Waals surface area contributed by atoms with Crippen molar-refractivity contribution in [1.29, 1.82) is 0 Å². The number of anilines is 1. The van der Waals surface area contributed by atoms with E-state index in [9.17, 15) is 4.79 Å². The second-order valence-corrected chi connectivity index (χ2v) is 6.22. The van der Waals surface area contributed by atoms with Gasteiger partial charge >= 0.3 is 0 Å². The Hall–Kier alpha value is -1.26. The minimum atomic E-state index is -0.210. The largest absolute Gasteiger partial charge is 0.497 e. The lowest BCUT2D eigenvalue weighted by Crippen LogP contribution is -2.53. The van der Waals surface area contributed by atoms with Crippen LogP contribution in [0.1, 0.15) is 26.7 Å². The van der Waals surface area contributed by atoms with Crippen molar-refractivity contribution in [1.82, 2.24) is 5.32 Å². The van der Waals surface area contributed by atoms with E-state index >= 15 is 0 Å². The first-order valence-electron chi connectivity index (χ1n) is 6.82. The molecular formula is C15H21ClN2O2. The first-order valence-corrected chi connectivity index (χ1v) is 7.19. The van der Waals surface area contributed by atoms with Crippen LogP contribution in [0, 0.1) is 5.41 Å². The average molecular weight is 297 g/mol. The van der Waals surface area contributed by atoms with Gasteiger partial charge in [0.25, 0.3) is 0 Å². The highest BCUT2D eigenvalue weighted by Gasteiger charge is 2.37. The summed E-state index contributed by atoms with van der Waals surface area (Å²) in [7, 11) is 1.58. The topological polar surface area (TPSA) is 50.4 Å². The number of carbonyl (C=O) groups excluding carboxylic acids is 1. The minimum Gasteiger partial charge on any atom is -0.497 e.